The first-order valence-electron chi connectivity index (χ1n) is 8.53. The number of hydrogen-bond acceptors (Lipinski definition) is 4. The number of benzene rings is 1. The molecular weight excluding hydrogens is 314 g/mol. The van der Waals surface area contributed by atoms with Crippen LogP contribution in [0.3, 0.4) is 0 Å². The number of anilines is 3. The SMILES string of the molecule is Cc1cc(N(C)C)ccc1NC(=O)N1CCN(c2ccncc2)CC1. The third-order valence-corrected chi connectivity index (χ3v) is 4.56. The van der Waals surface area contributed by atoms with Crippen LogP contribution in [0.5, 0.6) is 0 Å². The number of urea groups is 1. The van der Waals surface area contributed by atoms with E-state index >= 15 is 0 Å². The van der Waals surface area contributed by atoms with Crippen molar-refractivity contribution in [2.45, 2.75) is 6.92 Å². The Morgan fingerprint density at radius 3 is 2.36 bits per heavy atom. The highest BCUT2D eigenvalue weighted by Gasteiger charge is 2.21. The molecule has 1 N–H and O–H groups in total. The minimum absolute atomic E-state index is 0.0323. The number of hydrogen-bond donors (Lipinski definition) is 1. The fourth-order valence-corrected chi connectivity index (χ4v) is 2.98. The Bertz CT molecular complexity index is 724. The molecule has 3 rings (SSSR count). The van der Waals surface area contributed by atoms with E-state index in [-0.39, 0.29) is 6.03 Å². The maximum absolute atomic E-state index is 12.6. The van der Waals surface area contributed by atoms with Crippen LogP contribution in [0.2, 0.25) is 0 Å². The molecule has 6 nitrogen and oxygen atoms in total. The normalized spacial score (nSPS) is 14.4. The number of piperazine rings is 1. The predicted molar refractivity (Wildman–Crippen MR) is 103 cm³/mol. The fraction of sp³-hybridized carbons (Fsp3) is 0.368. The maximum Gasteiger partial charge on any atom is 0.321 e. The Kier molecular flexibility index (Phi) is 5.07. The number of nitrogens with zero attached hydrogens (tertiary/aromatic N) is 4. The van der Waals surface area contributed by atoms with Crippen LogP contribution < -0.4 is 15.1 Å². The summed E-state index contributed by atoms with van der Waals surface area (Å²) in [6.45, 7) is 5.10. The van der Waals surface area contributed by atoms with Crippen molar-refractivity contribution in [3.8, 4) is 0 Å². The fourth-order valence-electron chi connectivity index (χ4n) is 2.98. The standard InChI is InChI=1S/C19H25N5O/c1-15-14-17(22(2)3)4-5-18(15)21-19(25)24-12-10-23(11-13-24)16-6-8-20-9-7-16/h4-9,14H,10-13H2,1-3H3,(H,21,25). The van der Waals surface area contributed by atoms with E-state index in [1.807, 2.05) is 50.2 Å². The second-order valence-electron chi connectivity index (χ2n) is 6.50. The number of nitrogens with one attached hydrogen (secondary N) is 1. The van der Waals surface area contributed by atoms with E-state index in [1.165, 1.54) is 0 Å². The van der Waals surface area contributed by atoms with Gasteiger partial charge in [0.15, 0.2) is 0 Å². The molecule has 1 aliphatic rings. The van der Waals surface area contributed by atoms with E-state index in [2.05, 4.69) is 26.2 Å². The smallest absolute Gasteiger partial charge is 0.321 e. The van der Waals surface area contributed by atoms with Crippen LogP contribution in [0.4, 0.5) is 21.9 Å². The molecule has 2 aromatic rings. The quantitative estimate of drug-likeness (QED) is 0.934. The second kappa shape index (κ2) is 7.42. The van der Waals surface area contributed by atoms with Crippen molar-refractivity contribution in [3.63, 3.8) is 0 Å². The highest BCUT2D eigenvalue weighted by molar-refractivity contribution is 5.90. The zero-order valence-electron chi connectivity index (χ0n) is 15.1. The molecule has 1 fully saturated rings. The van der Waals surface area contributed by atoms with Gasteiger partial charge in [0.1, 0.15) is 0 Å². The molecule has 2 amide bonds. The average Bonchev–Trinajstić information content (AvgIpc) is 2.64. The van der Waals surface area contributed by atoms with E-state index < -0.39 is 0 Å². The predicted octanol–water partition coefficient (Wildman–Crippen LogP) is 2.81. The lowest BCUT2D eigenvalue weighted by Gasteiger charge is -2.36. The van der Waals surface area contributed by atoms with Crippen LogP contribution >= 0.6 is 0 Å². The van der Waals surface area contributed by atoms with E-state index in [9.17, 15) is 4.79 Å². The Hall–Kier alpha value is -2.76. The van der Waals surface area contributed by atoms with Gasteiger partial charge in [-0.3, -0.25) is 4.98 Å². The molecule has 0 aliphatic carbocycles. The van der Waals surface area contributed by atoms with Gasteiger partial charge < -0.3 is 20.0 Å². The minimum Gasteiger partial charge on any atom is -0.378 e. The summed E-state index contributed by atoms with van der Waals surface area (Å²) in [5.41, 5.74) is 4.22. The summed E-state index contributed by atoms with van der Waals surface area (Å²) >= 11 is 0. The molecule has 132 valence electrons. The molecular formula is C19H25N5O. The van der Waals surface area contributed by atoms with E-state index in [4.69, 9.17) is 0 Å². The van der Waals surface area contributed by atoms with E-state index in [0.717, 1.165) is 35.7 Å². The third-order valence-electron chi connectivity index (χ3n) is 4.56. The van der Waals surface area contributed by atoms with E-state index in [1.54, 1.807) is 12.4 Å². The number of rotatable bonds is 3. The number of pyridine rings is 1. The lowest BCUT2D eigenvalue weighted by molar-refractivity contribution is 0.208. The van der Waals surface area contributed by atoms with Crippen molar-refractivity contribution in [2.24, 2.45) is 0 Å². The van der Waals surface area contributed by atoms with Crippen LogP contribution in [0.25, 0.3) is 0 Å². The first kappa shape index (κ1) is 17.1. The lowest BCUT2D eigenvalue weighted by Crippen LogP contribution is -2.50. The summed E-state index contributed by atoms with van der Waals surface area (Å²) in [5.74, 6) is 0. The number of aromatic nitrogens is 1. The summed E-state index contributed by atoms with van der Waals surface area (Å²) in [5, 5.41) is 3.04. The highest BCUT2D eigenvalue weighted by atomic mass is 16.2. The van der Waals surface area contributed by atoms with Crippen molar-refractivity contribution < 1.29 is 4.79 Å². The van der Waals surface area contributed by atoms with Crippen molar-refractivity contribution >= 4 is 23.1 Å². The Morgan fingerprint density at radius 1 is 1.08 bits per heavy atom. The van der Waals surface area contributed by atoms with Crippen molar-refractivity contribution in [1.82, 2.24) is 9.88 Å². The summed E-state index contributed by atoms with van der Waals surface area (Å²) in [4.78, 5) is 22.8. The molecule has 0 atom stereocenters. The number of aryl methyl sites for hydroxylation is 1. The lowest BCUT2D eigenvalue weighted by atomic mass is 10.1. The topological polar surface area (TPSA) is 51.7 Å². The van der Waals surface area contributed by atoms with Crippen LogP contribution in [-0.2, 0) is 0 Å². The summed E-state index contributed by atoms with van der Waals surface area (Å²) in [7, 11) is 4.02. The monoisotopic (exact) mass is 339 g/mol. The molecule has 0 bridgehead atoms. The van der Waals surface area contributed by atoms with Gasteiger partial charge in [-0.05, 0) is 42.8 Å². The Morgan fingerprint density at radius 2 is 1.76 bits per heavy atom. The molecule has 1 aromatic heterocycles. The zero-order chi connectivity index (χ0) is 17.8. The van der Waals surface area contributed by atoms with Gasteiger partial charge >= 0.3 is 6.03 Å². The van der Waals surface area contributed by atoms with Gasteiger partial charge in [-0.2, -0.15) is 0 Å². The minimum atomic E-state index is -0.0323. The van der Waals surface area contributed by atoms with Crippen LogP contribution in [-0.4, -0.2) is 56.2 Å². The summed E-state index contributed by atoms with van der Waals surface area (Å²) in [6, 6.07) is 10.0. The third kappa shape index (κ3) is 4.02. The molecule has 0 spiro atoms. The Balaban J connectivity index is 1.58. The van der Waals surface area contributed by atoms with Gasteiger partial charge in [0.05, 0.1) is 0 Å². The largest absolute Gasteiger partial charge is 0.378 e. The van der Waals surface area contributed by atoms with Gasteiger partial charge in [0, 0.05) is 69.7 Å². The van der Waals surface area contributed by atoms with Gasteiger partial charge in [-0.15, -0.1) is 0 Å². The second-order valence-corrected chi connectivity index (χ2v) is 6.50. The first-order chi connectivity index (χ1) is 12.0. The zero-order valence-corrected chi connectivity index (χ0v) is 15.1. The van der Waals surface area contributed by atoms with Gasteiger partial charge in [0.2, 0.25) is 0 Å². The molecule has 1 aromatic carbocycles. The van der Waals surface area contributed by atoms with Gasteiger partial charge in [-0.1, -0.05) is 0 Å². The van der Waals surface area contributed by atoms with Gasteiger partial charge in [-0.25, -0.2) is 4.79 Å². The molecule has 2 heterocycles. The van der Waals surface area contributed by atoms with Crippen molar-refractivity contribution in [2.75, 3.05) is 55.4 Å². The molecule has 1 aliphatic heterocycles. The highest BCUT2D eigenvalue weighted by Crippen LogP contribution is 2.22. The summed E-state index contributed by atoms with van der Waals surface area (Å²) in [6.07, 6.45) is 3.60. The van der Waals surface area contributed by atoms with Crippen LogP contribution in [0, 0.1) is 6.92 Å². The molecule has 0 unspecified atom stereocenters. The first-order valence-corrected chi connectivity index (χ1v) is 8.53. The summed E-state index contributed by atoms with van der Waals surface area (Å²) < 4.78 is 0. The number of amides is 2. The van der Waals surface area contributed by atoms with Gasteiger partial charge in [0.25, 0.3) is 0 Å². The maximum atomic E-state index is 12.6. The average molecular weight is 339 g/mol. The molecule has 6 heteroatoms. The van der Waals surface area contributed by atoms with Crippen molar-refractivity contribution in [1.29, 1.82) is 0 Å². The molecule has 1 saturated heterocycles. The van der Waals surface area contributed by atoms with Crippen LogP contribution in [0.15, 0.2) is 42.7 Å². The van der Waals surface area contributed by atoms with Crippen LogP contribution in [0.1, 0.15) is 5.56 Å². The molecule has 25 heavy (non-hydrogen) atoms. The molecule has 0 radical (unpaired) electrons. The molecule has 0 saturated carbocycles. The number of carbonyl (C=O) groups is 1. The van der Waals surface area contributed by atoms with E-state index in [0.29, 0.717) is 13.1 Å². The number of carbonyl (C=O) groups excluding carboxylic acids is 1. The Labute approximate surface area is 149 Å². The van der Waals surface area contributed by atoms with Crippen molar-refractivity contribution in [3.05, 3.63) is 48.3 Å².